The number of ketones is 1. The van der Waals surface area contributed by atoms with Crippen LogP contribution in [0.15, 0.2) is 66.9 Å². The van der Waals surface area contributed by atoms with Gasteiger partial charge in [-0.25, -0.2) is 0 Å². The Balaban J connectivity index is 0. The lowest BCUT2D eigenvalue weighted by Gasteiger charge is -2.03. The van der Waals surface area contributed by atoms with Crippen molar-refractivity contribution in [2.45, 2.75) is 41.5 Å². The van der Waals surface area contributed by atoms with Gasteiger partial charge in [0.1, 0.15) is 5.75 Å². The van der Waals surface area contributed by atoms with E-state index in [1.807, 2.05) is 84.0 Å². The lowest BCUT2D eigenvalue weighted by Crippen LogP contribution is -1.95. The van der Waals surface area contributed by atoms with Gasteiger partial charge in [0.15, 0.2) is 5.78 Å². The summed E-state index contributed by atoms with van der Waals surface area (Å²) in [7, 11) is 1.62. The number of methoxy groups -OCH3 is 1. The molecule has 0 aliphatic rings. The van der Waals surface area contributed by atoms with Crippen LogP contribution in [0.4, 0.5) is 5.69 Å². The largest absolute Gasteiger partial charge is 0.497 e. The maximum absolute atomic E-state index is 11.8. The van der Waals surface area contributed by atoms with Crippen LogP contribution in [0.2, 0.25) is 0 Å². The standard InChI is InChI=1S/C16H15NO2.3C2H6/c1-19-15-9-5-8-14(12-15)17-11-10-16(18)13-6-3-2-4-7-13;3*1-2/h2-12,17H,1H3;3*1-2H3/b11-10-;;;. The number of rotatable bonds is 5. The van der Waals surface area contributed by atoms with E-state index in [1.165, 1.54) is 6.08 Å². The first-order chi connectivity index (χ1) is 12.3. The van der Waals surface area contributed by atoms with E-state index in [2.05, 4.69) is 5.32 Å². The Labute approximate surface area is 153 Å². The number of hydrogen-bond acceptors (Lipinski definition) is 3. The highest BCUT2D eigenvalue weighted by atomic mass is 16.5. The summed E-state index contributed by atoms with van der Waals surface area (Å²) in [4.78, 5) is 11.8. The molecule has 0 amide bonds. The second-order valence-electron chi connectivity index (χ2n) is 3.94. The molecule has 0 atom stereocenters. The normalized spacial score (nSPS) is 8.60. The Morgan fingerprint density at radius 2 is 1.48 bits per heavy atom. The Morgan fingerprint density at radius 1 is 0.880 bits per heavy atom. The Bertz CT molecular complexity index is 578. The molecule has 0 aliphatic heterocycles. The lowest BCUT2D eigenvalue weighted by atomic mass is 10.1. The molecule has 2 aromatic carbocycles. The van der Waals surface area contributed by atoms with Crippen LogP contribution in [0.3, 0.4) is 0 Å². The summed E-state index contributed by atoms with van der Waals surface area (Å²) in [6, 6.07) is 16.7. The van der Waals surface area contributed by atoms with Gasteiger partial charge in [0.2, 0.25) is 0 Å². The third-order valence-electron chi connectivity index (χ3n) is 2.61. The first-order valence-electron chi connectivity index (χ1n) is 8.96. The molecule has 2 rings (SSSR count). The molecule has 138 valence electrons. The quantitative estimate of drug-likeness (QED) is 0.492. The molecule has 1 N–H and O–H groups in total. The maximum atomic E-state index is 11.8. The SMILES string of the molecule is CC.CC.CC.COc1cccc(N/C=C\C(=O)c2ccccc2)c1. The topological polar surface area (TPSA) is 38.3 Å². The second-order valence-corrected chi connectivity index (χ2v) is 3.94. The van der Waals surface area contributed by atoms with Crippen LogP contribution in [0.25, 0.3) is 0 Å². The molecule has 3 nitrogen and oxygen atoms in total. The molecular weight excluding hydrogens is 310 g/mol. The fraction of sp³-hybridized carbons (Fsp3) is 0.318. The van der Waals surface area contributed by atoms with Crippen LogP contribution in [0.5, 0.6) is 5.75 Å². The van der Waals surface area contributed by atoms with Crippen LogP contribution >= 0.6 is 0 Å². The fourth-order valence-electron chi connectivity index (χ4n) is 1.63. The van der Waals surface area contributed by atoms with E-state index < -0.39 is 0 Å². The number of carbonyl (C=O) groups is 1. The second kappa shape index (κ2) is 17.8. The van der Waals surface area contributed by atoms with Crippen molar-refractivity contribution >= 4 is 11.5 Å². The van der Waals surface area contributed by atoms with E-state index in [-0.39, 0.29) is 5.78 Å². The molecule has 0 aromatic heterocycles. The summed E-state index contributed by atoms with van der Waals surface area (Å²) in [5, 5.41) is 3.04. The highest BCUT2D eigenvalue weighted by molar-refractivity contribution is 6.04. The molecule has 0 spiro atoms. The van der Waals surface area contributed by atoms with Crippen LogP contribution in [-0.2, 0) is 0 Å². The smallest absolute Gasteiger partial charge is 0.187 e. The Kier molecular flexibility index (Phi) is 17.6. The van der Waals surface area contributed by atoms with Crippen molar-refractivity contribution in [2.24, 2.45) is 0 Å². The molecule has 0 fully saturated rings. The van der Waals surface area contributed by atoms with Crippen molar-refractivity contribution in [3.05, 3.63) is 72.4 Å². The monoisotopic (exact) mass is 343 g/mol. The molecule has 0 aliphatic carbocycles. The summed E-state index contributed by atoms with van der Waals surface area (Å²) < 4.78 is 5.12. The van der Waals surface area contributed by atoms with Gasteiger partial charge in [-0.15, -0.1) is 0 Å². The van der Waals surface area contributed by atoms with Gasteiger partial charge >= 0.3 is 0 Å². The minimum Gasteiger partial charge on any atom is -0.497 e. The number of carbonyl (C=O) groups excluding carboxylic acids is 1. The highest BCUT2D eigenvalue weighted by Crippen LogP contribution is 2.16. The third-order valence-corrected chi connectivity index (χ3v) is 2.61. The molecule has 0 heterocycles. The Hall–Kier alpha value is -2.55. The molecule has 3 heteroatoms. The summed E-state index contributed by atoms with van der Waals surface area (Å²) in [6.07, 6.45) is 3.14. The van der Waals surface area contributed by atoms with Crippen molar-refractivity contribution in [1.82, 2.24) is 0 Å². The highest BCUT2D eigenvalue weighted by Gasteiger charge is 1.99. The van der Waals surface area contributed by atoms with Gasteiger partial charge in [-0.2, -0.15) is 0 Å². The van der Waals surface area contributed by atoms with Gasteiger partial charge in [-0.05, 0) is 12.1 Å². The minimum absolute atomic E-state index is 0.0315. The minimum atomic E-state index is -0.0315. The summed E-state index contributed by atoms with van der Waals surface area (Å²) >= 11 is 0. The average Bonchev–Trinajstić information content (AvgIpc) is 2.73. The predicted octanol–water partition coefficient (Wildman–Crippen LogP) is 6.58. The van der Waals surface area contributed by atoms with Crippen LogP contribution < -0.4 is 10.1 Å². The molecule has 0 radical (unpaired) electrons. The van der Waals surface area contributed by atoms with Gasteiger partial charge in [0.25, 0.3) is 0 Å². The van der Waals surface area contributed by atoms with Crippen molar-refractivity contribution in [3.8, 4) is 5.75 Å². The first-order valence-corrected chi connectivity index (χ1v) is 8.96. The molecule has 0 saturated heterocycles. The van der Waals surface area contributed by atoms with E-state index in [0.29, 0.717) is 5.56 Å². The van der Waals surface area contributed by atoms with E-state index in [1.54, 1.807) is 25.4 Å². The maximum Gasteiger partial charge on any atom is 0.187 e. The van der Waals surface area contributed by atoms with Gasteiger partial charge < -0.3 is 10.1 Å². The number of ether oxygens (including phenoxy) is 1. The van der Waals surface area contributed by atoms with Crippen LogP contribution in [-0.4, -0.2) is 12.9 Å². The third kappa shape index (κ3) is 10.8. The lowest BCUT2D eigenvalue weighted by molar-refractivity contribution is 0.104. The predicted molar refractivity (Wildman–Crippen MR) is 111 cm³/mol. The van der Waals surface area contributed by atoms with Crippen LogP contribution in [0, 0.1) is 0 Å². The zero-order valence-electron chi connectivity index (χ0n) is 16.7. The summed E-state index contributed by atoms with van der Waals surface area (Å²) in [5.74, 6) is 0.740. The first kappa shape index (κ1) is 24.7. The van der Waals surface area contributed by atoms with Gasteiger partial charge in [-0.1, -0.05) is 77.9 Å². The zero-order valence-corrected chi connectivity index (χ0v) is 16.7. The van der Waals surface area contributed by atoms with E-state index >= 15 is 0 Å². The number of anilines is 1. The van der Waals surface area contributed by atoms with Crippen LogP contribution in [0.1, 0.15) is 51.9 Å². The molecule has 2 aromatic rings. The summed E-state index contributed by atoms with van der Waals surface area (Å²) in [5.41, 5.74) is 1.54. The van der Waals surface area contributed by atoms with Gasteiger partial charge in [0.05, 0.1) is 7.11 Å². The molecule has 0 bridgehead atoms. The van der Waals surface area contributed by atoms with E-state index in [4.69, 9.17) is 4.74 Å². The molecular formula is C22H33NO2. The van der Waals surface area contributed by atoms with Gasteiger partial charge in [0, 0.05) is 29.6 Å². The zero-order chi connectivity index (χ0) is 19.5. The van der Waals surface area contributed by atoms with Crippen molar-refractivity contribution in [2.75, 3.05) is 12.4 Å². The van der Waals surface area contributed by atoms with E-state index in [9.17, 15) is 4.79 Å². The Morgan fingerprint density at radius 3 is 2.04 bits per heavy atom. The summed E-state index contributed by atoms with van der Waals surface area (Å²) in [6.45, 7) is 12.0. The van der Waals surface area contributed by atoms with E-state index in [0.717, 1.165) is 11.4 Å². The molecule has 25 heavy (non-hydrogen) atoms. The van der Waals surface area contributed by atoms with Crippen molar-refractivity contribution < 1.29 is 9.53 Å². The molecule has 0 saturated carbocycles. The molecule has 0 unspecified atom stereocenters. The van der Waals surface area contributed by atoms with Crippen molar-refractivity contribution in [3.63, 3.8) is 0 Å². The number of benzene rings is 2. The number of nitrogens with one attached hydrogen (secondary N) is 1. The average molecular weight is 344 g/mol. The number of hydrogen-bond donors (Lipinski definition) is 1. The number of allylic oxidation sites excluding steroid dienone is 1. The van der Waals surface area contributed by atoms with Crippen molar-refractivity contribution in [1.29, 1.82) is 0 Å². The fourth-order valence-corrected chi connectivity index (χ4v) is 1.63. The van der Waals surface area contributed by atoms with Gasteiger partial charge in [-0.3, -0.25) is 4.79 Å².